The number of halogens is 3. The molecule has 3 rings (SSSR count). The van der Waals surface area contributed by atoms with Gasteiger partial charge >= 0.3 is 0 Å². The van der Waals surface area contributed by atoms with Crippen molar-refractivity contribution >= 4 is 84.5 Å². The summed E-state index contributed by atoms with van der Waals surface area (Å²) >= 11 is 6.35. The van der Waals surface area contributed by atoms with Crippen LogP contribution in [0.2, 0.25) is 0 Å². The fourth-order valence-electron chi connectivity index (χ4n) is 2.72. The molecule has 1 N–H and O–H groups in total. The maximum Gasteiger partial charge on any atom is 0.197 e. The highest BCUT2D eigenvalue weighted by Gasteiger charge is 2.23. The third kappa shape index (κ3) is 4.00. The van der Waals surface area contributed by atoms with Gasteiger partial charge in [0.1, 0.15) is 17.1 Å². The summed E-state index contributed by atoms with van der Waals surface area (Å²) in [4.78, 5) is 13.3. The Bertz CT molecular complexity index is 937. The predicted octanol–water partition coefficient (Wildman–Crippen LogP) is 6.53. The Morgan fingerprint density at radius 2 is 1.80 bits per heavy atom. The molecule has 0 unspecified atom stereocenters. The SMILES string of the molecule is CCCCc1oc2ccc(I)cc2c1C(=O)c1cc(I)c(O)c(I)c1. The largest absolute Gasteiger partial charge is 0.506 e. The minimum atomic E-state index is -0.0531. The van der Waals surface area contributed by atoms with Gasteiger partial charge in [0.15, 0.2) is 5.78 Å². The van der Waals surface area contributed by atoms with Gasteiger partial charge in [-0.25, -0.2) is 0 Å². The fraction of sp³-hybridized carbons (Fsp3) is 0.211. The van der Waals surface area contributed by atoms with Crippen LogP contribution in [0, 0.1) is 10.7 Å². The van der Waals surface area contributed by atoms with Gasteiger partial charge in [0, 0.05) is 20.9 Å². The van der Waals surface area contributed by atoms with Crippen molar-refractivity contribution in [1.29, 1.82) is 0 Å². The second kappa shape index (κ2) is 8.12. The van der Waals surface area contributed by atoms with Gasteiger partial charge in [-0.15, -0.1) is 0 Å². The number of aromatic hydroxyl groups is 1. The van der Waals surface area contributed by atoms with E-state index in [1.54, 1.807) is 12.1 Å². The van der Waals surface area contributed by atoms with Gasteiger partial charge in [-0.3, -0.25) is 4.79 Å². The maximum absolute atomic E-state index is 13.3. The van der Waals surface area contributed by atoms with Crippen LogP contribution in [0.15, 0.2) is 34.7 Å². The summed E-state index contributed by atoms with van der Waals surface area (Å²) in [5.74, 6) is 0.917. The van der Waals surface area contributed by atoms with Crippen LogP contribution in [0.5, 0.6) is 5.75 Å². The van der Waals surface area contributed by atoms with Crippen molar-refractivity contribution in [2.75, 3.05) is 0 Å². The number of rotatable bonds is 5. The summed E-state index contributed by atoms with van der Waals surface area (Å²) in [7, 11) is 0. The lowest BCUT2D eigenvalue weighted by Crippen LogP contribution is -2.05. The number of unbranched alkanes of at least 4 members (excludes halogenated alkanes) is 1. The number of carbonyl (C=O) groups is 1. The molecule has 3 nitrogen and oxygen atoms in total. The highest BCUT2D eigenvalue weighted by atomic mass is 127. The molecule has 0 amide bonds. The van der Waals surface area contributed by atoms with E-state index < -0.39 is 0 Å². The predicted molar refractivity (Wildman–Crippen MR) is 125 cm³/mol. The second-order valence-corrected chi connectivity index (χ2v) is 9.33. The molecule has 0 spiro atoms. The van der Waals surface area contributed by atoms with Crippen LogP contribution < -0.4 is 0 Å². The highest BCUT2D eigenvalue weighted by molar-refractivity contribution is 14.1. The van der Waals surface area contributed by atoms with Crippen molar-refractivity contribution in [1.82, 2.24) is 0 Å². The van der Waals surface area contributed by atoms with Crippen LogP contribution >= 0.6 is 67.8 Å². The smallest absolute Gasteiger partial charge is 0.197 e. The molecule has 1 heterocycles. The zero-order valence-corrected chi connectivity index (χ0v) is 19.9. The zero-order valence-electron chi connectivity index (χ0n) is 13.4. The Morgan fingerprint density at radius 1 is 1.12 bits per heavy atom. The lowest BCUT2D eigenvalue weighted by molar-refractivity contribution is 0.103. The van der Waals surface area contributed by atoms with Crippen molar-refractivity contribution in [2.24, 2.45) is 0 Å². The number of hydrogen-bond donors (Lipinski definition) is 1. The molecule has 25 heavy (non-hydrogen) atoms. The number of carbonyl (C=O) groups excluding carboxylic acids is 1. The summed E-state index contributed by atoms with van der Waals surface area (Å²) in [6.07, 6.45) is 2.76. The minimum Gasteiger partial charge on any atom is -0.506 e. The molecule has 3 aromatic rings. The van der Waals surface area contributed by atoms with Crippen LogP contribution in [-0.2, 0) is 6.42 Å². The molecular formula is C19H15I3O3. The Labute approximate surface area is 187 Å². The summed E-state index contributed by atoms with van der Waals surface area (Å²) < 4.78 is 8.42. The number of fused-ring (bicyclic) bond motifs is 1. The van der Waals surface area contributed by atoms with Crippen LogP contribution in [0.3, 0.4) is 0 Å². The van der Waals surface area contributed by atoms with Crippen molar-refractivity contribution in [3.63, 3.8) is 0 Å². The molecule has 2 aromatic carbocycles. The Kier molecular flexibility index (Phi) is 6.30. The number of ketones is 1. The number of aryl methyl sites for hydroxylation is 1. The van der Waals surface area contributed by atoms with Crippen LogP contribution in [0.1, 0.15) is 41.4 Å². The summed E-state index contributed by atoms with van der Waals surface area (Å²) in [6.45, 7) is 2.12. The number of phenolic OH excluding ortho intramolecular Hbond substituents is 1. The highest BCUT2D eigenvalue weighted by Crippen LogP contribution is 2.33. The number of hydrogen-bond acceptors (Lipinski definition) is 3. The van der Waals surface area contributed by atoms with E-state index in [0.29, 0.717) is 18.3 Å². The molecule has 6 heteroatoms. The third-order valence-corrected chi connectivity index (χ3v) is 6.30. The summed E-state index contributed by atoms with van der Waals surface area (Å²) in [5, 5.41) is 10.8. The summed E-state index contributed by atoms with van der Waals surface area (Å²) in [6, 6.07) is 9.37. The first-order valence-electron chi connectivity index (χ1n) is 7.86. The topological polar surface area (TPSA) is 50.4 Å². The van der Waals surface area contributed by atoms with Gasteiger partial charge in [0.05, 0.1) is 12.7 Å². The first-order chi connectivity index (χ1) is 11.9. The van der Waals surface area contributed by atoms with Crippen molar-refractivity contribution in [2.45, 2.75) is 26.2 Å². The molecule has 1 aromatic heterocycles. The van der Waals surface area contributed by atoms with Gasteiger partial charge in [0.25, 0.3) is 0 Å². The number of furan rings is 1. The lowest BCUT2D eigenvalue weighted by atomic mass is 9.98. The molecule has 0 bridgehead atoms. The normalized spacial score (nSPS) is 11.2. The summed E-state index contributed by atoms with van der Waals surface area (Å²) in [5.41, 5.74) is 1.98. The molecule has 0 aliphatic heterocycles. The first-order valence-corrected chi connectivity index (χ1v) is 11.1. The van der Waals surface area contributed by atoms with E-state index in [-0.39, 0.29) is 11.5 Å². The van der Waals surface area contributed by atoms with E-state index in [1.807, 2.05) is 63.4 Å². The lowest BCUT2D eigenvalue weighted by Gasteiger charge is -2.07. The average molecular weight is 672 g/mol. The van der Waals surface area contributed by atoms with Crippen LogP contribution in [-0.4, -0.2) is 10.9 Å². The van der Waals surface area contributed by atoms with Gasteiger partial charge < -0.3 is 9.52 Å². The van der Waals surface area contributed by atoms with Gasteiger partial charge in [-0.1, -0.05) is 13.3 Å². The van der Waals surface area contributed by atoms with E-state index in [1.165, 1.54) is 0 Å². The molecular weight excluding hydrogens is 657 g/mol. The van der Waals surface area contributed by atoms with E-state index >= 15 is 0 Å². The minimum absolute atomic E-state index is 0.0531. The first kappa shape index (κ1) is 19.4. The maximum atomic E-state index is 13.3. The standard InChI is InChI=1S/C19H15I3O3/c1-2-3-4-16-17(12-9-11(20)5-6-15(12)25-16)18(23)10-7-13(21)19(24)14(22)8-10/h5-9,24H,2-4H2,1H3. The number of phenols is 1. The Balaban J connectivity index is 2.18. The Hall–Kier alpha value is -0.360. The van der Waals surface area contributed by atoms with E-state index in [2.05, 4.69) is 29.5 Å². The Morgan fingerprint density at radius 3 is 2.44 bits per heavy atom. The van der Waals surface area contributed by atoms with Crippen molar-refractivity contribution < 1.29 is 14.3 Å². The molecule has 130 valence electrons. The van der Waals surface area contributed by atoms with Crippen molar-refractivity contribution in [3.05, 3.63) is 57.9 Å². The number of benzene rings is 2. The molecule has 0 radical (unpaired) electrons. The van der Waals surface area contributed by atoms with E-state index in [0.717, 1.165) is 39.6 Å². The van der Waals surface area contributed by atoms with Crippen molar-refractivity contribution in [3.8, 4) is 5.75 Å². The average Bonchev–Trinajstić information content (AvgIpc) is 2.94. The van der Waals surface area contributed by atoms with E-state index in [4.69, 9.17) is 4.42 Å². The molecule has 0 saturated heterocycles. The van der Waals surface area contributed by atoms with Gasteiger partial charge in [0.2, 0.25) is 0 Å². The fourth-order valence-corrected chi connectivity index (χ4v) is 4.98. The van der Waals surface area contributed by atoms with E-state index in [9.17, 15) is 9.90 Å². The molecule has 0 aliphatic carbocycles. The van der Waals surface area contributed by atoms with Crippen LogP contribution in [0.4, 0.5) is 0 Å². The monoisotopic (exact) mass is 672 g/mol. The zero-order chi connectivity index (χ0) is 18.1. The van der Waals surface area contributed by atoms with Gasteiger partial charge in [-0.2, -0.15) is 0 Å². The molecule has 0 saturated carbocycles. The quantitative estimate of drug-likeness (QED) is 0.248. The van der Waals surface area contributed by atoms with Gasteiger partial charge in [-0.05, 0) is 105 Å². The molecule has 0 aliphatic rings. The van der Waals surface area contributed by atoms with Crippen LogP contribution in [0.25, 0.3) is 11.0 Å². The molecule has 0 atom stereocenters. The molecule has 0 fully saturated rings. The third-order valence-electron chi connectivity index (χ3n) is 3.99. The second-order valence-electron chi connectivity index (χ2n) is 5.76.